The van der Waals surface area contributed by atoms with Crippen LogP contribution in [0.3, 0.4) is 0 Å². The van der Waals surface area contributed by atoms with Crippen molar-refractivity contribution in [3.8, 4) is 0 Å². The normalized spacial score (nSPS) is 19.7. The lowest BCUT2D eigenvalue weighted by Crippen LogP contribution is -2.51. The average Bonchev–Trinajstić information content (AvgIpc) is 3.01. The minimum atomic E-state index is -1.91. The maximum atomic E-state index is 13.6. The van der Waals surface area contributed by atoms with E-state index in [1.54, 1.807) is 49.1 Å². The van der Waals surface area contributed by atoms with E-state index >= 15 is 0 Å². The molecule has 2 aliphatic heterocycles. The Labute approximate surface area is 193 Å². The Hall–Kier alpha value is -3.55. The summed E-state index contributed by atoms with van der Waals surface area (Å²) in [5.74, 6) is -2.29. The summed E-state index contributed by atoms with van der Waals surface area (Å²) in [5, 5.41) is 0. The van der Waals surface area contributed by atoms with Crippen molar-refractivity contribution in [2.24, 2.45) is 5.73 Å². The number of anilines is 1. The molecule has 0 radical (unpaired) electrons. The predicted octanol–water partition coefficient (Wildman–Crippen LogP) is 3.23. The second kappa shape index (κ2) is 9.52. The van der Waals surface area contributed by atoms with Crippen LogP contribution in [0.1, 0.15) is 46.1 Å². The average molecular weight is 455 g/mol. The van der Waals surface area contributed by atoms with Crippen LogP contribution < -0.4 is 10.6 Å². The summed E-state index contributed by atoms with van der Waals surface area (Å²) < 4.78 is 16.4. The van der Waals surface area contributed by atoms with Crippen molar-refractivity contribution >= 4 is 23.6 Å². The summed E-state index contributed by atoms with van der Waals surface area (Å²) in [7, 11) is 0. The summed E-state index contributed by atoms with van der Waals surface area (Å²) in [6, 6.07) is 6.95. The minimum Gasteiger partial charge on any atom is -0.462 e. The Morgan fingerprint density at radius 3 is 2.58 bits per heavy atom. The molecule has 1 atom stereocenters. The molecule has 0 saturated carbocycles. The van der Waals surface area contributed by atoms with E-state index in [4.69, 9.17) is 19.9 Å². The van der Waals surface area contributed by atoms with Crippen LogP contribution in [0.5, 0.6) is 0 Å². The number of rotatable bonds is 8. The number of cyclic esters (lactones) is 1. The Balaban J connectivity index is 2.35. The van der Waals surface area contributed by atoms with Crippen molar-refractivity contribution in [1.29, 1.82) is 0 Å². The lowest BCUT2D eigenvalue weighted by Gasteiger charge is -2.41. The first kappa shape index (κ1) is 24.1. The summed E-state index contributed by atoms with van der Waals surface area (Å²) in [4.78, 5) is 42.0. The minimum absolute atomic E-state index is 0.00315. The number of fused-ring (bicyclic) bond motifs is 2. The molecule has 2 heterocycles. The second-order valence-corrected chi connectivity index (χ2v) is 8.19. The van der Waals surface area contributed by atoms with Gasteiger partial charge in [-0.05, 0) is 33.3 Å². The molecule has 0 unspecified atom stereocenters. The molecule has 8 heteroatoms. The van der Waals surface area contributed by atoms with E-state index in [1.807, 2.05) is 6.92 Å². The third-order valence-electron chi connectivity index (χ3n) is 5.59. The Kier molecular flexibility index (Phi) is 6.95. The van der Waals surface area contributed by atoms with E-state index in [0.717, 1.165) is 6.42 Å². The third-order valence-corrected chi connectivity index (χ3v) is 5.59. The highest BCUT2D eigenvalue weighted by molar-refractivity contribution is 6.16. The topological polar surface area (TPSA) is 108 Å². The Morgan fingerprint density at radius 1 is 1.24 bits per heavy atom. The van der Waals surface area contributed by atoms with Crippen LogP contribution in [0.4, 0.5) is 5.69 Å². The van der Waals surface area contributed by atoms with Gasteiger partial charge in [-0.2, -0.15) is 0 Å². The zero-order chi connectivity index (χ0) is 24.3. The van der Waals surface area contributed by atoms with Gasteiger partial charge in [0.05, 0.1) is 12.7 Å². The number of benzene rings is 1. The van der Waals surface area contributed by atoms with Crippen LogP contribution >= 0.6 is 0 Å². The first-order chi connectivity index (χ1) is 15.7. The molecular formula is C25H30N2O6. The van der Waals surface area contributed by atoms with E-state index in [0.29, 0.717) is 17.7 Å². The number of nitrogens with two attached hydrogens (primary N) is 1. The van der Waals surface area contributed by atoms with Crippen molar-refractivity contribution in [1.82, 2.24) is 0 Å². The molecule has 0 bridgehead atoms. The maximum absolute atomic E-state index is 13.6. The monoisotopic (exact) mass is 454 g/mol. The zero-order valence-corrected chi connectivity index (χ0v) is 19.5. The number of unbranched alkanes of at least 4 members (excludes halogenated alkanes) is 1. The molecule has 1 aromatic carbocycles. The first-order valence-electron chi connectivity index (χ1n) is 11.0. The molecule has 2 aliphatic rings. The molecule has 1 aromatic rings. The molecule has 0 saturated heterocycles. The Morgan fingerprint density at radius 2 is 1.94 bits per heavy atom. The number of hydrogen-bond donors (Lipinski definition) is 1. The van der Waals surface area contributed by atoms with E-state index in [-0.39, 0.29) is 35.9 Å². The summed E-state index contributed by atoms with van der Waals surface area (Å²) in [6.45, 7) is 11.1. The number of nitrogens with zero attached hydrogens (tertiary/aromatic N) is 1. The number of esters is 3. The largest absolute Gasteiger partial charge is 0.462 e. The number of hydrogen-bond acceptors (Lipinski definition) is 8. The fraction of sp³-hybridized carbons (Fsp3) is 0.400. The molecular weight excluding hydrogens is 424 g/mol. The van der Waals surface area contributed by atoms with Gasteiger partial charge >= 0.3 is 17.9 Å². The first-order valence-corrected chi connectivity index (χ1v) is 11.0. The van der Waals surface area contributed by atoms with Gasteiger partial charge in [-0.15, -0.1) is 6.58 Å². The highest BCUT2D eigenvalue weighted by Crippen LogP contribution is 2.54. The number of ether oxygens (including phenoxy) is 3. The predicted molar refractivity (Wildman–Crippen MR) is 123 cm³/mol. The van der Waals surface area contributed by atoms with Crippen LogP contribution in [-0.2, 0) is 34.0 Å². The number of para-hydroxylation sites is 1. The molecule has 0 aromatic heterocycles. The van der Waals surface area contributed by atoms with Crippen molar-refractivity contribution in [3.05, 3.63) is 65.2 Å². The van der Waals surface area contributed by atoms with E-state index in [2.05, 4.69) is 6.58 Å². The van der Waals surface area contributed by atoms with Crippen molar-refractivity contribution in [2.75, 3.05) is 18.1 Å². The molecule has 3 rings (SSSR count). The SMILES string of the molecule is C=CCN1C(N)=C(C(=O)OCCCC)[C@@]2(C(=O)OC(C)=C2C(=O)OC(C)C)c2ccccc21. The van der Waals surface area contributed by atoms with Gasteiger partial charge < -0.3 is 24.8 Å². The lowest BCUT2D eigenvalue weighted by molar-refractivity contribution is -0.148. The van der Waals surface area contributed by atoms with Gasteiger partial charge in [0.2, 0.25) is 0 Å². The van der Waals surface area contributed by atoms with Gasteiger partial charge in [0.15, 0.2) is 5.41 Å². The van der Waals surface area contributed by atoms with Gasteiger partial charge in [-0.25, -0.2) is 14.4 Å². The van der Waals surface area contributed by atoms with E-state index in [1.165, 1.54) is 6.92 Å². The summed E-state index contributed by atoms with van der Waals surface area (Å²) >= 11 is 0. The smallest absolute Gasteiger partial charge is 0.339 e. The number of allylic oxidation sites excluding steroid dienone is 1. The molecule has 1 spiro atoms. The number of carbonyl (C=O) groups excluding carboxylic acids is 3. The number of carbonyl (C=O) groups is 3. The van der Waals surface area contributed by atoms with Gasteiger partial charge in [-0.1, -0.05) is 37.6 Å². The highest BCUT2D eigenvalue weighted by Gasteiger charge is 2.63. The van der Waals surface area contributed by atoms with Crippen LogP contribution in [0.25, 0.3) is 0 Å². The molecule has 8 nitrogen and oxygen atoms in total. The summed E-state index contributed by atoms with van der Waals surface area (Å²) in [6.07, 6.45) is 2.62. The highest BCUT2D eigenvalue weighted by atomic mass is 16.6. The fourth-order valence-corrected chi connectivity index (χ4v) is 4.26. The molecule has 2 N–H and O–H groups in total. The standard InChI is InChI=1S/C25H30N2O6/c1-6-8-14-31-22(28)20-21(26)27(13-7-2)18-12-10-9-11-17(18)25(20)19(16(5)33-24(25)30)23(29)32-15(3)4/h7,9-12,15H,2,6,8,13-14,26H2,1,3-5H3/t25-/m1/s1. The Bertz CT molecular complexity index is 1050. The molecule has 33 heavy (non-hydrogen) atoms. The van der Waals surface area contributed by atoms with Gasteiger partial charge in [0.1, 0.15) is 22.7 Å². The van der Waals surface area contributed by atoms with E-state index in [9.17, 15) is 14.4 Å². The second-order valence-electron chi connectivity index (χ2n) is 8.19. The van der Waals surface area contributed by atoms with Crippen LogP contribution in [0, 0.1) is 0 Å². The fourth-order valence-electron chi connectivity index (χ4n) is 4.26. The van der Waals surface area contributed by atoms with Gasteiger partial charge in [0, 0.05) is 17.8 Å². The zero-order valence-electron chi connectivity index (χ0n) is 19.5. The van der Waals surface area contributed by atoms with Crippen molar-refractivity contribution in [2.45, 2.75) is 52.1 Å². The molecule has 0 amide bonds. The molecule has 0 fully saturated rings. The maximum Gasteiger partial charge on any atom is 0.339 e. The van der Waals surface area contributed by atoms with Crippen LogP contribution in [0.2, 0.25) is 0 Å². The van der Waals surface area contributed by atoms with Gasteiger partial charge in [0.25, 0.3) is 0 Å². The van der Waals surface area contributed by atoms with Crippen LogP contribution in [0.15, 0.2) is 59.6 Å². The molecule has 176 valence electrons. The molecule has 0 aliphatic carbocycles. The summed E-state index contributed by atoms with van der Waals surface area (Å²) in [5.41, 5.74) is 5.34. The van der Waals surface area contributed by atoms with Crippen molar-refractivity contribution < 1.29 is 28.6 Å². The quantitative estimate of drug-likeness (QED) is 0.276. The van der Waals surface area contributed by atoms with Crippen molar-refractivity contribution in [3.63, 3.8) is 0 Å². The third kappa shape index (κ3) is 3.90. The lowest BCUT2D eigenvalue weighted by atomic mass is 9.66. The van der Waals surface area contributed by atoms with E-state index < -0.39 is 29.4 Å². The van der Waals surface area contributed by atoms with Crippen LogP contribution in [-0.4, -0.2) is 37.2 Å². The van der Waals surface area contributed by atoms with Gasteiger partial charge in [-0.3, -0.25) is 0 Å².